The summed E-state index contributed by atoms with van der Waals surface area (Å²) in [6.07, 6.45) is 1.83. The molecule has 0 saturated carbocycles. The number of hydrogen-bond donors (Lipinski definition) is 0. The van der Waals surface area contributed by atoms with Gasteiger partial charge >= 0.3 is 0 Å². The van der Waals surface area contributed by atoms with Crippen LogP contribution in [-0.2, 0) is 0 Å². The summed E-state index contributed by atoms with van der Waals surface area (Å²) >= 11 is 11.0. The van der Waals surface area contributed by atoms with Crippen LogP contribution in [0.15, 0.2) is 42.6 Å². The average Bonchev–Trinajstić information content (AvgIpc) is 2.74. The summed E-state index contributed by atoms with van der Waals surface area (Å²) in [5.41, 5.74) is 2.17. The second-order valence-electron chi connectivity index (χ2n) is 4.43. The molecule has 0 amide bonds. The maximum atomic E-state index is 12.6. The molecule has 0 aliphatic heterocycles. The van der Waals surface area contributed by atoms with E-state index in [4.69, 9.17) is 23.8 Å². The van der Waals surface area contributed by atoms with Gasteiger partial charge in [-0.3, -0.25) is 4.79 Å². The van der Waals surface area contributed by atoms with Gasteiger partial charge in [0.2, 0.25) is 4.77 Å². The Hall–Kier alpha value is -1.98. The molecule has 0 fully saturated rings. The van der Waals surface area contributed by atoms with Crippen molar-refractivity contribution in [3.63, 3.8) is 0 Å². The van der Waals surface area contributed by atoms with Crippen molar-refractivity contribution in [3.05, 3.63) is 63.5 Å². The molecule has 1 aromatic carbocycles. The molecule has 6 heteroatoms. The lowest BCUT2D eigenvalue weighted by molar-refractivity contribution is 0.0938. The van der Waals surface area contributed by atoms with Gasteiger partial charge in [-0.05, 0) is 55.0 Å². The third kappa shape index (κ3) is 2.15. The number of hydrogen-bond acceptors (Lipinski definition) is 3. The highest BCUT2D eigenvalue weighted by Crippen LogP contribution is 2.12. The van der Waals surface area contributed by atoms with Crippen LogP contribution in [-0.4, -0.2) is 20.1 Å². The predicted molar refractivity (Wildman–Crippen MR) is 79.9 cm³/mol. The molecular formula is C14H10ClN3OS. The summed E-state index contributed by atoms with van der Waals surface area (Å²) in [4.78, 5) is 16.8. The molecule has 3 aromatic rings. The summed E-state index contributed by atoms with van der Waals surface area (Å²) in [6, 6.07) is 10.4. The lowest BCUT2D eigenvalue weighted by Gasteiger charge is -2.05. The Labute approximate surface area is 125 Å². The highest BCUT2D eigenvalue weighted by Gasteiger charge is 2.14. The van der Waals surface area contributed by atoms with Crippen molar-refractivity contribution in [2.24, 2.45) is 0 Å². The average molecular weight is 304 g/mol. The topological polar surface area (TPSA) is 39.3 Å². The second-order valence-corrected chi connectivity index (χ2v) is 5.23. The Bertz CT molecular complexity index is 864. The molecule has 100 valence electrons. The van der Waals surface area contributed by atoms with Gasteiger partial charge in [0.25, 0.3) is 5.91 Å². The van der Waals surface area contributed by atoms with E-state index < -0.39 is 0 Å². The van der Waals surface area contributed by atoms with Crippen LogP contribution in [0.1, 0.15) is 15.9 Å². The predicted octanol–water partition coefficient (Wildman–Crippen LogP) is 3.52. The van der Waals surface area contributed by atoms with Gasteiger partial charge in [-0.1, -0.05) is 17.7 Å². The van der Waals surface area contributed by atoms with E-state index >= 15 is 0 Å². The van der Waals surface area contributed by atoms with Crippen LogP contribution >= 0.6 is 23.8 Å². The number of carbonyl (C=O) groups excluding carboxylic acids is 1. The van der Waals surface area contributed by atoms with E-state index in [1.807, 2.05) is 25.3 Å². The van der Waals surface area contributed by atoms with Gasteiger partial charge in [-0.15, -0.1) is 0 Å². The van der Waals surface area contributed by atoms with Gasteiger partial charge in [-0.25, -0.2) is 4.52 Å². The van der Waals surface area contributed by atoms with Crippen LogP contribution in [0.3, 0.4) is 0 Å². The minimum atomic E-state index is -0.232. The van der Waals surface area contributed by atoms with E-state index in [1.165, 1.54) is 4.68 Å². The number of rotatable bonds is 1. The Morgan fingerprint density at radius 2 is 1.90 bits per heavy atom. The normalized spacial score (nSPS) is 10.9. The van der Waals surface area contributed by atoms with E-state index in [9.17, 15) is 4.79 Å². The molecule has 0 unspecified atom stereocenters. The second kappa shape index (κ2) is 4.85. The third-order valence-corrected chi connectivity index (χ3v) is 3.46. The highest BCUT2D eigenvalue weighted by molar-refractivity contribution is 7.71. The smallest absolute Gasteiger partial charge is 0.267 e. The summed E-state index contributed by atoms with van der Waals surface area (Å²) < 4.78 is 3.27. The number of benzene rings is 1. The quantitative estimate of drug-likeness (QED) is 0.646. The number of pyridine rings is 1. The molecule has 4 nitrogen and oxygen atoms in total. The number of nitrogens with zero attached hydrogens (tertiary/aromatic N) is 3. The Morgan fingerprint density at radius 3 is 2.60 bits per heavy atom. The summed E-state index contributed by atoms with van der Waals surface area (Å²) in [7, 11) is 0. The molecule has 0 radical (unpaired) electrons. The fraction of sp³-hybridized carbons (Fsp3) is 0.0714. The Balaban J connectivity index is 2.21. The first-order valence-corrected chi connectivity index (χ1v) is 6.73. The van der Waals surface area contributed by atoms with Crippen molar-refractivity contribution < 1.29 is 4.79 Å². The molecule has 2 heterocycles. The van der Waals surface area contributed by atoms with Gasteiger partial charge in [0.1, 0.15) is 0 Å². The maximum Gasteiger partial charge on any atom is 0.279 e. The largest absolute Gasteiger partial charge is 0.279 e. The monoisotopic (exact) mass is 303 g/mol. The van der Waals surface area contributed by atoms with Crippen molar-refractivity contribution in [1.29, 1.82) is 0 Å². The minimum Gasteiger partial charge on any atom is -0.267 e. The Morgan fingerprint density at radius 1 is 1.20 bits per heavy atom. The number of halogens is 1. The van der Waals surface area contributed by atoms with Gasteiger partial charge < -0.3 is 0 Å². The van der Waals surface area contributed by atoms with Gasteiger partial charge in [-0.2, -0.15) is 9.67 Å². The third-order valence-electron chi connectivity index (χ3n) is 2.95. The fourth-order valence-electron chi connectivity index (χ4n) is 1.97. The van der Waals surface area contributed by atoms with E-state index in [0.717, 1.165) is 5.56 Å². The molecule has 0 N–H and O–H groups in total. The molecule has 0 bridgehead atoms. The molecule has 0 aliphatic rings. The van der Waals surface area contributed by atoms with Crippen LogP contribution in [0.25, 0.3) is 5.65 Å². The standard InChI is InChI=1S/C14H10ClN3OS/c1-9-2-7-12-16-14(20)18(17(12)8-9)13(19)10-3-5-11(15)6-4-10/h2-8H,1H3. The van der Waals surface area contributed by atoms with Crippen molar-refractivity contribution in [2.75, 3.05) is 0 Å². The molecular weight excluding hydrogens is 294 g/mol. The zero-order valence-electron chi connectivity index (χ0n) is 10.6. The van der Waals surface area contributed by atoms with Gasteiger partial charge in [0, 0.05) is 16.8 Å². The highest BCUT2D eigenvalue weighted by atomic mass is 35.5. The van der Waals surface area contributed by atoms with Crippen LogP contribution < -0.4 is 0 Å². The fourth-order valence-corrected chi connectivity index (χ4v) is 2.36. The molecule has 0 saturated heterocycles. The lowest BCUT2D eigenvalue weighted by Crippen LogP contribution is -2.17. The SMILES string of the molecule is Cc1ccc2nc(=S)n(C(=O)c3ccc(Cl)cc3)n2c1. The van der Waals surface area contributed by atoms with Gasteiger partial charge in [0.05, 0.1) is 0 Å². The zero-order valence-corrected chi connectivity index (χ0v) is 12.1. The van der Waals surface area contributed by atoms with Crippen molar-refractivity contribution in [2.45, 2.75) is 6.92 Å². The first-order chi connectivity index (χ1) is 9.56. The summed E-state index contributed by atoms with van der Waals surface area (Å²) in [5, 5.41) is 0.583. The van der Waals surface area contributed by atoms with E-state index in [-0.39, 0.29) is 10.7 Å². The van der Waals surface area contributed by atoms with Crippen LogP contribution in [0.5, 0.6) is 0 Å². The van der Waals surface area contributed by atoms with Crippen molar-refractivity contribution in [1.82, 2.24) is 14.2 Å². The first-order valence-electron chi connectivity index (χ1n) is 5.94. The van der Waals surface area contributed by atoms with Crippen molar-refractivity contribution >= 4 is 35.4 Å². The lowest BCUT2D eigenvalue weighted by atomic mass is 10.2. The molecule has 0 spiro atoms. The summed E-state index contributed by atoms with van der Waals surface area (Å²) in [5.74, 6) is -0.232. The van der Waals surface area contributed by atoms with Crippen LogP contribution in [0, 0.1) is 11.7 Å². The van der Waals surface area contributed by atoms with E-state index in [0.29, 0.717) is 16.2 Å². The molecule has 0 atom stereocenters. The summed E-state index contributed by atoms with van der Waals surface area (Å²) in [6.45, 7) is 1.94. The van der Waals surface area contributed by atoms with Crippen LogP contribution in [0.4, 0.5) is 0 Å². The van der Waals surface area contributed by atoms with Crippen LogP contribution in [0.2, 0.25) is 5.02 Å². The van der Waals surface area contributed by atoms with Gasteiger partial charge in [0.15, 0.2) is 5.65 Å². The number of aryl methyl sites for hydroxylation is 1. The first kappa shape index (κ1) is 13.0. The zero-order chi connectivity index (χ0) is 14.3. The molecule has 20 heavy (non-hydrogen) atoms. The van der Waals surface area contributed by atoms with E-state index in [2.05, 4.69) is 4.98 Å². The maximum absolute atomic E-state index is 12.6. The Kier molecular flexibility index (Phi) is 3.16. The molecule has 3 rings (SSSR count). The molecule has 2 aromatic heterocycles. The van der Waals surface area contributed by atoms with Crippen molar-refractivity contribution in [3.8, 4) is 0 Å². The minimum absolute atomic E-state index is 0.232. The number of aromatic nitrogens is 3. The number of carbonyl (C=O) groups is 1. The van der Waals surface area contributed by atoms with E-state index in [1.54, 1.807) is 28.8 Å². The number of fused-ring (bicyclic) bond motifs is 1. The molecule has 0 aliphatic carbocycles.